The number of anilines is 1. The van der Waals surface area contributed by atoms with Gasteiger partial charge in [0.25, 0.3) is 5.91 Å². The first-order valence-corrected chi connectivity index (χ1v) is 14.1. The van der Waals surface area contributed by atoms with Crippen LogP contribution < -0.4 is 15.6 Å². The second-order valence-electron chi connectivity index (χ2n) is 10.0. The van der Waals surface area contributed by atoms with E-state index in [0.29, 0.717) is 33.9 Å². The van der Waals surface area contributed by atoms with E-state index in [4.69, 9.17) is 11.6 Å². The molecule has 1 fully saturated rings. The highest BCUT2D eigenvalue weighted by Crippen LogP contribution is 2.34. The minimum absolute atomic E-state index is 0.106. The van der Waals surface area contributed by atoms with Gasteiger partial charge in [-0.25, -0.2) is 0 Å². The number of carbonyl (C=O) groups excluding carboxylic acids is 1. The molecule has 0 bridgehead atoms. The van der Waals surface area contributed by atoms with Crippen molar-refractivity contribution in [3.63, 3.8) is 0 Å². The Bertz CT molecular complexity index is 1300. The fourth-order valence-electron chi connectivity index (χ4n) is 5.41. The highest BCUT2D eigenvalue weighted by Gasteiger charge is 2.28. The predicted octanol–water partition coefficient (Wildman–Crippen LogP) is 5.40. The molecule has 0 saturated heterocycles. The van der Waals surface area contributed by atoms with E-state index in [0.717, 1.165) is 54.0 Å². The molecular weight excluding hydrogens is 506 g/mol. The van der Waals surface area contributed by atoms with Gasteiger partial charge in [0.1, 0.15) is 0 Å². The number of hydrogen-bond acceptors (Lipinski definition) is 6. The molecular formula is C28H36ClN5O2S. The van der Waals surface area contributed by atoms with Crippen LogP contribution in [0, 0.1) is 13.8 Å². The van der Waals surface area contributed by atoms with E-state index in [-0.39, 0.29) is 17.9 Å². The molecule has 3 aromatic rings. The highest BCUT2D eigenvalue weighted by molar-refractivity contribution is 7.13. The second kappa shape index (κ2) is 11.8. The summed E-state index contributed by atoms with van der Waals surface area (Å²) in [5, 5.41) is 3.50. The number of pyridine rings is 1. The van der Waals surface area contributed by atoms with Crippen LogP contribution >= 0.6 is 22.9 Å². The van der Waals surface area contributed by atoms with Crippen molar-refractivity contribution in [3.05, 3.63) is 67.5 Å². The van der Waals surface area contributed by atoms with Crippen molar-refractivity contribution in [1.82, 2.24) is 20.2 Å². The molecule has 0 aliphatic heterocycles. The third-order valence-corrected chi connectivity index (χ3v) is 8.46. The lowest BCUT2D eigenvalue weighted by Crippen LogP contribution is -2.42. The van der Waals surface area contributed by atoms with Crippen LogP contribution in [0.4, 0.5) is 5.69 Å². The first-order valence-electron chi connectivity index (χ1n) is 12.8. The number of amides is 1. The van der Waals surface area contributed by atoms with Gasteiger partial charge in [0, 0.05) is 65.0 Å². The summed E-state index contributed by atoms with van der Waals surface area (Å²) in [6.07, 6.45) is 6.27. The summed E-state index contributed by atoms with van der Waals surface area (Å²) in [7, 11) is 4.30. The molecule has 2 N–H and O–H groups in total. The van der Waals surface area contributed by atoms with Crippen molar-refractivity contribution in [1.29, 1.82) is 0 Å². The summed E-state index contributed by atoms with van der Waals surface area (Å²) in [6, 6.07) is 6.29. The van der Waals surface area contributed by atoms with Gasteiger partial charge in [0.15, 0.2) is 5.43 Å². The minimum atomic E-state index is -0.246. The monoisotopic (exact) mass is 541 g/mol. The fourth-order valence-corrected chi connectivity index (χ4v) is 6.28. The summed E-state index contributed by atoms with van der Waals surface area (Å²) in [4.78, 5) is 39.2. The number of halogens is 1. The van der Waals surface area contributed by atoms with Gasteiger partial charge >= 0.3 is 0 Å². The van der Waals surface area contributed by atoms with Crippen LogP contribution in [0.5, 0.6) is 0 Å². The topological polar surface area (TPSA) is 81.3 Å². The summed E-state index contributed by atoms with van der Waals surface area (Å²) >= 11 is 8.00. The average Bonchev–Trinajstić information content (AvgIpc) is 3.40. The number of aryl methyl sites for hydroxylation is 1. The summed E-state index contributed by atoms with van der Waals surface area (Å²) < 4.78 is 0. The molecule has 2 heterocycles. The number of aromatic nitrogens is 2. The van der Waals surface area contributed by atoms with Gasteiger partial charge in [-0.2, -0.15) is 0 Å². The zero-order chi connectivity index (χ0) is 26.7. The Morgan fingerprint density at radius 1 is 1.16 bits per heavy atom. The van der Waals surface area contributed by atoms with Crippen LogP contribution in [0.25, 0.3) is 10.6 Å². The normalized spacial score (nSPS) is 17.7. The van der Waals surface area contributed by atoms with Crippen molar-refractivity contribution in [2.75, 3.05) is 25.5 Å². The SMILES string of the molecule is CCN(c1cc(Cl)cc(C(=O)NCc2c(-c3cncs3)[nH]c(C)cc2=O)c1C)[C@H]1CC[C@H](N(C)C)CC1. The molecule has 9 heteroatoms. The molecule has 1 saturated carbocycles. The molecule has 0 spiro atoms. The highest BCUT2D eigenvalue weighted by atomic mass is 35.5. The predicted molar refractivity (Wildman–Crippen MR) is 153 cm³/mol. The number of nitrogens with one attached hydrogen (secondary N) is 2. The molecule has 1 amide bonds. The van der Waals surface area contributed by atoms with Crippen LogP contribution in [-0.2, 0) is 6.54 Å². The van der Waals surface area contributed by atoms with Gasteiger partial charge in [0.2, 0.25) is 0 Å². The van der Waals surface area contributed by atoms with E-state index in [1.165, 1.54) is 11.3 Å². The first-order chi connectivity index (χ1) is 17.7. The van der Waals surface area contributed by atoms with Crippen LogP contribution in [0.3, 0.4) is 0 Å². The quantitative estimate of drug-likeness (QED) is 0.399. The lowest BCUT2D eigenvalue weighted by Gasteiger charge is -2.40. The standard InChI is InChI=1S/C28H36ClN5O2S/c1-6-34(21-9-7-20(8-10-21)33(4)5)24-13-19(29)12-22(18(24)3)28(36)31-14-23-25(35)11-17(2)32-27(23)26-15-30-16-37-26/h11-13,15-16,20-21H,6-10,14H2,1-5H3,(H,31,36)(H,32,35)/t20-,21-. The zero-order valence-electron chi connectivity index (χ0n) is 22.2. The maximum atomic E-state index is 13.4. The zero-order valence-corrected chi connectivity index (χ0v) is 23.8. The third-order valence-electron chi connectivity index (χ3n) is 7.45. The number of nitrogens with zero attached hydrogens (tertiary/aromatic N) is 3. The Morgan fingerprint density at radius 3 is 2.49 bits per heavy atom. The smallest absolute Gasteiger partial charge is 0.251 e. The molecule has 1 aliphatic rings. The minimum Gasteiger partial charge on any atom is -0.369 e. The number of hydrogen-bond donors (Lipinski definition) is 2. The maximum Gasteiger partial charge on any atom is 0.251 e. The van der Waals surface area contributed by atoms with Crippen molar-refractivity contribution in [2.24, 2.45) is 0 Å². The van der Waals surface area contributed by atoms with E-state index in [2.05, 4.69) is 46.1 Å². The number of thiazole rings is 1. The molecule has 4 rings (SSSR count). The number of aromatic amines is 1. The van der Waals surface area contributed by atoms with Gasteiger partial charge in [-0.05, 0) is 78.2 Å². The molecule has 37 heavy (non-hydrogen) atoms. The average molecular weight is 542 g/mol. The molecule has 0 atom stereocenters. The van der Waals surface area contributed by atoms with E-state index in [1.807, 2.05) is 19.9 Å². The summed E-state index contributed by atoms with van der Waals surface area (Å²) in [6.45, 7) is 6.93. The van der Waals surface area contributed by atoms with Gasteiger partial charge in [-0.1, -0.05) is 11.6 Å². The van der Waals surface area contributed by atoms with Crippen LogP contribution in [-0.4, -0.2) is 53.5 Å². The largest absolute Gasteiger partial charge is 0.369 e. The Morgan fingerprint density at radius 2 is 1.86 bits per heavy atom. The fraction of sp³-hybridized carbons (Fsp3) is 0.464. The molecule has 1 aliphatic carbocycles. The van der Waals surface area contributed by atoms with Gasteiger partial charge in [-0.3, -0.25) is 14.6 Å². The van der Waals surface area contributed by atoms with Crippen molar-refractivity contribution in [2.45, 2.75) is 65.1 Å². The lowest BCUT2D eigenvalue weighted by atomic mass is 9.89. The van der Waals surface area contributed by atoms with Gasteiger partial charge < -0.3 is 20.1 Å². The maximum absolute atomic E-state index is 13.4. The molecule has 0 unspecified atom stereocenters. The van der Waals surface area contributed by atoms with E-state index in [9.17, 15) is 9.59 Å². The van der Waals surface area contributed by atoms with Crippen molar-refractivity contribution < 1.29 is 4.79 Å². The second-order valence-corrected chi connectivity index (χ2v) is 11.4. The Hall–Kier alpha value is -2.68. The number of H-pyrrole nitrogens is 1. The van der Waals surface area contributed by atoms with E-state index < -0.39 is 0 Å². The number of benzene rings is 1. The van der Waals surface area contributed by atoms with Gasteiger partial charge in [-0.15, -0.1) is 11.3 Å². The summed E-state index contributed by atoms with van der Waals surface area (Å²) in [5.74, 6) is -0.246. The molecule has 2 aromatic heterocycles. The van der Waals surface area contributed by atoms with Crippen LogP contribution in [0.1, 0.15) is 59.8 Å². The third kappa shape index (κ3) is 6.08. The Balaban J connectivity index is 1.57. The van der Waals surface area contributed by atoms with Crippen LogP contribution in [0.2, 0.25) is 5.02 Å². The Kier molecular flexibility index (Phi) is 8.72. The van der Waals surface area contributed by atoms with Gasteiger partial charge in [0.05, 0.1) is 16.1 Å². The number of rotatable bonds is 8. The summed E-state index contributed by atoms with van der Waals surface area (Å²) in [5.41, 5.74) is 6.02. The van der Waals surface area contributed by atoms with E-state index >= 15 is 0 Å². The van der Waals surface area contributed by atoms with E-state index in [1.54, 1.807) is 23.8 Å². The lowest BCUT2D eigenvalue weighted by molar-refractivity contribution is 0.0950. The number of carbonyl (C=O) groups is 1. The molecule has 0 radical (unpaired) electrons. The van der Waals surface area contributed by atoms with Crippen molar-refractivity contribution >= 4 is 34.5 Å². The Labute approximate surface area is 227 Å². The van der Waals surface area contributed by atoms with Crippen molar-refractivity contribution in [3.8, 4) is 10.6 Å². The van der Waals surface area contributed by atoms with Crippen LogP contribution in [0.15, 0.2) is 34.7 Å². The molecule has 1 aromatic carbocycles. The first kappa shape index (κ1) is 27.4. The molecule has 198 valence electrons. The molecule has 7 nitrogen and oxygen atoms in total.